The minimum atomic E-state index is 0. The van der Waals surface area contributed by atoms with Crippen molar-refractivity contribution in [2.45, 2.75) is 38.5 Å². The Morgan fingerprint density at radius 1 is 0.692 bits per heavy atom. The molecule has 0 unspecified atom stereocenters. The smallest absolute Gasteiger partial charge is 1.00 e. The van der Waals surface area contributed by atoms with Crippen molar-refractivity contribution in [2.75, 3.05) is 0 Å². The Morgan fingerprint density at radius 2 is 1.15 bits per heavy atom. The molecule has 1 fully saturated rings. The van der Waals surface area contributed by atoms with E-state index in [1.807, 2.05) is 12.2 Å². The molecule has 0 atom stereocenters. The standard InChI is InChI=1S/C13H9.C5H10.C5H5.2ClH.Zr/c1-3-7-12-10(5-1)9-11-6-2-4-8-13(11)12;2*1-2-4-5-3-1;;;/h1-9H;1-5H2;1-3H,4H2;2*1H;/q-1;;-1;;;+4/p-2. The number of halogens is 2. The molecule has 2 aliphatic rings. The summed E-state index contributed by atoms with van der Waals surface area (Å²) in [4.78, 5) is 0. The fourth-order valence-corrected chi connectivity index (χ4v) is 3.13. The predicted octanol–water partition coefficient (Wildman–Crippen LogP) is 0.974. The second-order valence-electron chi connectivity index (χ2n) is 6.09. The van der Waals surface area contributed by atoms with Crippen LogP contribution in [-0.4, -0.2) is 0 Å². The molecule has 5 rings (SSSR count). The van der Waals surface area contributed by atoms with Crippen molar-refractivity contribution in [3.63, 3.8) is 0 Å². The molecule has 0 radical (unpaired) electrons. The molecular weight excluding hydrogens is 438 g/mol. The molecular formula is C23H24Cl2Zr. The average molecular weight is 463 g/mol. The molecule has 3 aromatic rings. The third-order valence-corrected chi connectivity index (χ3v) is 4.36. The molecule has 1 saturated carbocycles. The monoisotopic (exact) mass is 460 g/mol. The molecule has 2 aliphatic carbocycles. The van der Waals surface area contributed by atoms with E-state index in [9.17, 15) is 0 Å². The molecule has 0 aliphatic heterocycles. The third-order valence-electron chi connectivity index (χ3n) is 4.36. The zero-order chi connectivity index (χ0) is 15.7. The summed E-state index contributed by atoms with van der Waals surface area (Å²) in [6, 6.07) is 19.3. The molecule has 0 aromatic heterocycles. The van der Waals surface area contributed by atoms with Crippen molar-refractivity contribution in [3.05, 3.63) is 78.9 Å². The van der Waals surface area contributed by atoms with Gasteiger partial charge in [0.25, 0.3) is 0 Å². The van der Waals surface area contributed by atoms with Crippen molar-refractivity contribution < 1.29 is 51.0 Å². The van der Waals surface area contributed by atoms with Crippen LogP contribution in [0.2, 0.25) is 0 Å². The molecule has 0 heterocycles. The second-order valence-corrected chi connectivity index (χ2v) is 6.09. The fraction of sp³-hybridized carbons (Fsp3) is 0.261. The maximum Gasteiger partial charge on any atom is 4.00 e. The second kappa shape index (κ2) is 14.3. The Morgan fingerprint density at radius 3 is 1.50 bits per heavy atom. The summed E-state index contributed by atoms with van der Waals surface area (Å²) in [5, 5.41) is 5.39. The number of hydrogen-bond acceptors (Lipinski definition) is 0. The van der Waals surface area contributed by atoms with E-state index in [1.165, 1.54) is 53.6 Å². The minimum absolute atomic E-state index is 0. The topological polar surface area (TPSA) is 0 Å². The summed E-state index contributed by atoms with van der Waals surface area (Å²) in [6.45, 7) is 0. The number of rotatable bonds is 0. The summed E-state index contributed by atoms with van der Waals surface area (Å²) < 4.78 is 0. The van der Waals surface area contributed by atoms with Crippen molar-refractivity contribution in [2.24, 2.45) is 0 Å². The molecule has 0 nitrogen and oxygen atoms in total. The first-order valence-electron chi connectivity index (χ1n) is 8.70. The van der Waals surface area contributed by atoms with E-state index >= 15 is 0 Å². The van der Waals surface area contributed by atoms with E-state index in [0.717, 1.165) is 6.42 Å². The summed E-state index contributed by atoms with van der Waals surface area (Å²) in [5.41, 5.74) is 0. The number of hydrogen-bond donors (Lipinski definition) is 0. The van der Waals surface area contributed by atoms with Crippen molar-refractivity contribution in [1.29, 1.82) is 0 Å². The Labute approximate surface area is 189 Å². The third kappa shape index (κ3) is 7.47. The van der Waals surface area contributed by atoms with Gasteiger partial charge in [-0.15, -0.1) is 46.2 Å². The van der Waals surface area contributed by atoms with Gasteiger partial charge in [-0.2, -0.15) is 6.08 Å². The van der Waals surface area contributed by atoms with Crippen molar-refractivity contribution in [3.8, 4) is 0 Å². The van der Waals surface area contributed by atoms with Gasteiger partial charge in [-0.3, -0.25) is 6.08 Å². The summed E-state index contributed by atoms with van der Waals surface area (Å²) >= 11 is 0. The quantitative estimate of drug-likeness (QED) is 0.437. The first kappa shape index (κ1) is 25.3. The molecule has 0 bridgehead atoms. The minimum Gasteiger partial charge on any atom is -1.00 e. The van der Waals surface area contributed by atoms with E-state index in [4.69, 9.17) is 0 Å². The Bertz CT molecular complexity index is 730. The predicted molar refractivity (Wildman–Crippen MR) is 102 cm³/mol. The van der Waals surface area contributed by atoms with E-state index in [1.54, 1.807) is 0 Å². The van der Waals surface area contributed by atoms with Gasteiger partial charge in [-0.25, -0.2) is 12.2 Å². The van der Waals surface area contributed by atoms with Crippen LogP contribution in [0.3, 0.4) is 0 Å². The number of benzene rings is 2. The first-order chi connectivity index (χ1) is 11.4. The molecule has 134 valence electrons. The van der Waals surface area contributed by atoms with Crippen molar-refractivity contribution >= 4 is 21.5 Å². The van der Waals surface area contributed by atoms with Crippen molar-refractivity contribution in [1.82, 2.24) is 0 Å². The van der Waals surface area contributed by atoms with Crippen LogP contribution in [0.1, 0.15) is 38.5 Å². The summed E-state index contributed by atoms with van der Waals surface area (Å²) in [7, 11) is 0. The maximum absolute atomic E-state index is 2.99. The van der Waals surface area contributed by atoms with Crippen LogP contribution in [-0.2, 0) is 26.2 Å². The molecule has 26 heavy (non-hydrogen) atoms. The Balaban J connectivity index is 0.000000408. The van der Waals surface area contributed by atoms with Gasteiger partial charge in [0.1, 0.15) is 0 Å². The van der Waals surface area contributed by atoms with Gasteiger partial charge in [-0.05, 0) is 0 Å². The van der Waals surface area contributed by atoms with Gasteiger partial charge in [0.05, 0.1) is 0 Å². The van der Waals surface area contributed by atoms with Gasteiger partial charge in [0.2, 0.25) is 0 Å². The van der Waals surface area contributed by atoms with E-state index < -0.39 is 0 Å². The fourth-order valence-electron chi connectivity index (χ4n) is 3.13. The van der Waals surface area contributed by atoms with E-state index in [-0.39, 0.29) is 51.0 Å². The SMILES string of the molecule is C1CCCC1.[C-]1=CC=CC1.[Cl-].[Cl-].[Zr+4].c1ccc2c(c1)[cH-]c1ccccc12. The molecule has 0 N–H and O–H groups in total. The van der Waals surface area contributed by atoms with Gasteiger partial charge in [-0.1, -0.05) is 68.5 Å². The zero-order valence-corrected chi connectivity index (χ0v) is 18.9. The molecule has 0 saturated heterocycles. The van der Waals surface area contributed by atoms with Crippen LogP contribution in [0, 0.1) is 6.08 Å². The van der Waals surface area contributed by atoms with Gasteiger partial charge < -0.3 is 24.8 Å². The van der Waals surface area contributed by atoms with Crippen LogP contribution in [0.5, 0.6) is 0 Å². The largest absolute Gasteiger partial charge is 4.00 e. The molecule has 3 heteroatoms. The number of fused-ring (bicyclic) bond motifs is 3. The number of allylic oxidation sites excluding steroid dienone is 4. The van der Waals surface area contributed by atoms with Crippen LogP contribution in [0.15, 0.2) is 72.8 Å². The Kier molecular flexibility index (Phi) is 13.9. The molecule has 0 amide bonds. The molecule has 3 aromatic carbocycles. The summed E-state index contributed by atoms with van der Waals surface area (Å²) in [5.74, 6) is 0. The van der Waals surface area contributed by atoms with Gasteiger partial charge in [0, 0.05) is 0 Å². The normalized spacial score (nSPS) is 13.5. The van der Waals surface area contributed by atoms with Crippen LogP contribution < -0.4 is 24.8 Å². The van der Waals surface area contributed by atoms with Crippen LogP contribution in [0.4, 0.5) is 0 Å². The van der Waals surface area contributed by atoms with E-state index in [2.05, 4.69) is 66.7 Å². The summed E-state index contributed by atoms with van der Waals surface area (Å²) in [6.07, 6.45) is 17.5. The average Bonchev–Trinajstić information content (AvgIpc) is 3.38. The van der Waals surface area contributed by atoms with Crippen LogP contribution >= 0.6 is 0 Å². The molecule has 0 spiro atoms. The van der Waals surface area contributed by atoms with Gasteiger partial charge >= 0.3 is 26.2 Å². The Hall–Kier alpha value is -0.747. The zero-order valence-electron chi connectivity index (χ0n) is 14.9. The first-order valence-corrected chi connectivity index (χ1v) is 8.70. The van der Waals surface area contributed by atoms with Gasteiger partial charge in [0.15, 0.2) is 0 Å². The maximum atomic E-state index is 2.99. The van der Waals surface area contributed by atoms with E-state index in [0.29, 0.717) is 0 Å². The van der Waals surface area contributed by atoms with Crippen LogP contribution in [0.25, 0.3) is 21.5 Å².